The molecule has 1 aromatic heterocycles. The van der Waals surface area contributed by atoms with Crippen LogP contribution < -0.4 is 0 Å². The quantitative estimate of drug-likeness (QED) is 0.877. The molecule has 0 unspecified atom stereocenters. The van der Waals surface area contributed by atoms with Crippen molar-refractivity contribution in [2.45, 2.75) is 25.8 Å². The van der Waals surface area contributed by atoms with Crippen LogP contribution >= 0.6 is 22.9 Å². The number of methoxy groups -OCH3 is 1. The fraction of sp³-hybridized carbons (Fsp3) is 0.714. The van der Waals surface area contributed by atoms with Gasteiger partial charge in [-0.3, -0.25) is 4.90 Å². The van der Waals surface area contributed by atoms with E-state index >= 15 is 0 Å². The van der Waals surface area contributed by atoms with Gasteiger partial charge >= 0.3 is 0 Å². The molecule has 0 bridgehead atoms. The SMILES string of the molecule is COCC[C@]1(CO)CCCN(Cc2ccc(Cl)s2)C1. The fourth-order valence-corrected chi connectivity index (χ4v) is 3.96. The standard InChI is InChI=1S/C14H22ClNO2S/c1-18-8-6-14(11-17)5-2-7-16(10-14)9-12-3-4-13(15)19-12/h3-4,17H,2,5-11H2,1H3/t14-/m1/s1. The zero-order valence-electron chi connectivity index (χ0n) is 11.4. The van der Waals surface area contributed by atoms with Crippen molar-refractivity contribution in [2.75, 3.05) is 33.4 Å². The number of ether oxygens (including phenoxy) is 1. The minimum atomic E-state index is 0.00924. The molecule has 0 saturated carbocycles. The van der Waals surface area contributed by atoms with Crippen molar-refractivity contribution in [2.24, 2.45) is 5.41 Å². The predicted octanol–water partition coefficient (Wildman–Crippen LogP) is 3.01. The van der Waals surface area contributed by atoms with E-state index in [1.807, 2.05) is 6.07 Å². The maximum atomic E-state index is 9.76. The molecule has 1 aliphatic heterocycles. The first-order valence-corrected chi connectivity index (χ1v) is 7.93. The highest BCUT2D eigenvalue weighted by Crippen LogP contribution is 2.34. The first kappa shape index (κ1) is 15.3. The van der Waals surface area contributed by atoms with Crippen LogP contribution in [0.2, 0.25) is 4.34 Å². The van der Waals surface area contributed by atoms with Gasteiger partial charge < -0.3 is 9.84 Å². The molecule has 19 heavy (non-hydrogen) atoms. The first-order valence-electron chi connectivity index (χ1n) is 6.74. The molecule has 0 spiro atoms. The van der Waals surface area contributed by atoms with Crippen LogP contribution in [-0.4, -0.2) is 43.4 Å². The van der Waals surface area contributed by atoms with E-state index in [0.717, 1.165) is 49.8 Å². The lowest BCUT2D eigenvalue weighted by Gasteiger charge is -2.41. The van der Waals surface area contributed by atoms with Crippen molar-refractivity contribution in [3.63, 3.8) is 0 Å². The van der Waals surface area contributed by atoms with Gasteiger partial charge in [0, 0.05) is 37.1 Å². The third kappa shape index (κ3) is 4.17. The van der Waals surface area contributed by atoms with Crippen molar-refractivity contribution >= 4 is 22.9 Å². The Bertz CT molecular complexity index is 399. The summed E-state index contributed by atoms with van der Waals surface area (Å²) in [5, 5.41) is 9.76. The number of rotatable bonds is 6. The van der Waals surface area contributed by atoms with Crippen LogP contribution in [0.15, 0.2) is 12.1 Å². The highest BCUT2D eigenvalue weighted by atomic mass is 35.5. The molecule has 1 saturated heterocycles. The Morgan fingerprint density at radius 3 is 3.00 bits per heavy atom. The summed E-state index contributed by atoms with van der Waals surface area (Å²) in [5.74, 6) is 0. The van der Waals surface area contributed by atoms with Gasteiger partial charge in [0.2, 0.25) is 0 Å². The molecule has 5 heteroatoms. The van der Waals surface area contributed by atoms with Gasteiger partial charge in [0.15, 0.2) is 0 Å². The third-order valence-electron chi connectivity index (χ3n) is 3.92. The monoisotopic (exact) mass is 303 g/mol. The number of thiophene rings is 1. The summed E-state index contributed by atoms with van der Waals surface area (Å²) in [6, 6.07) is 4.05. The van der Waals surface area contributed by atoms with E-state index in [9.17, 15) is 5.11 Å². The van der Waals surface area contributed by atoms with Crippen LogP contribution in [0.3, 0.4) is 0 Å². The molecule has 0 radical (unpaired) electrons. The molecule has 1 aromatic rings. The average molecular weight is 304 g/mol. The van der Waals surface area contributed by atoms with E-state index in [1.165, 1.54) is 4.88 Å². The Labute approximate surface area is 124 Å². The van der Waals surface area contributed by atoms with Gasteiger partial charge in [0.25, 0.3) is 0 Å². The van der Waals surface area contributed by atoms with E-state index in [0.29, 0.717) is 0 Å². The van der Waals surface area contributed by atoms with Crippen molar-refractivity contribution < 1.29 is 9.84 Å². The molecule has 2 rings (SSSR count). The molecule has 3 nitrogen and oxygen atoms in total. The molecular weight excluding hydrogens is 282 g/mol. The van der Waals surface area contributed by atoms with E-state index in [-0.39, 0.29) is 12.0 Å². The second kappa shape index (κ2) is 7.04. The molecule has 0 aromatic carbocycles. The van der Waals surface area contributed by atoms with Crippen LogP contribution in [0.5, 0.6) is 0 Å². The fourth-order valence-electron chi connectivity index (χ4n) is 2.83. The van der Waals surface area contributed by atoms with Crippen LogP contribution in [0.25, 0.3) is 0 Å². The minimum Gasteiger partial charge on any atom is -0.396 e. The number of aliphatic hydroxyl groups excluding tert-OH is 1. The lowest BCUT2D eigenvalue weighted by Crippen LogP contribution is -2.45. The van der Waals surface area contributed by atoms with Crippen molar-refractivity contribution in [1.29, 1.82) is 0 Å². The van der Waals surface area contributed by atoms with Gasteiger partial charge in [0.05, 0.1) is 10.9 Å². The average Bonchev–Trinajstić information content (AvgIpc) is 2.82. The Morgan fingerprint density at radius 1 is 1.53 bits per heavy atom. The van der Waals surface area contributed by atoms with Gasteiger partial charge in [-0.05, 0) is 37.9 Å². The lowest BCUT2D eigenvalue weighted by atomic mass is 9.78. The lowest BCUT2D eigenvalue weighted by molar-refractivity contribution is 0.00508. The summed E-state index contributed by atoms with van der Waals surface area (Å²) in [7, 11) is 1.72. The largest absolute Gasteiger partial charge is 0.396 e. The number of aliphatic hydroxyl groups is 1. The Kier molecular flexibility index (Phi) is 5.66. The number of halogens is 1. The molecule has 108 valence electrons. The predicted molar refractivity (Wildman–Crippen MR) is 79.9 cm³/mol. The second-order valence-corrected chi connectivity index (χ2v) is 7.22. The number of piperidine rings is 1. The minimum absolute atomic E-state index is 0.00924. The topological polar surface area (TPSA) is 32.7 Å². The van der Waals surface area contributed by atoms with E-state index in [2.05, 4.69) is 11.0 Å². The van der Waals surface area contributed by atoms with E-state index < -0.39 is 0 Å². The van der Waals surface area contributed by atoms with E-state index in [4.69, 9.17) is 16.3 Å². The van der Waals surface area contributed by atoms with Gasteiger partial charge in [-0.2, -0.15) is 0 Å². The van der Waals surface area contributed by atoms with Crippen LogP contribution in [0, 0.1) is 5.41 Å². The van der Waals surface area contributed by atoms with E-state index in [1.54, 1.807) is 18.4 Å². The van der Waals surface area contributed by atoms with Gasteiger partial charge in [-0.25, -0.2) is 0 Å². The Hall–Kier alpha value is -0.130. The summed E-state index contributed by atoms with van der Waals surface area (Å²) in [6.45, 7) is 3.95. The van der Waals surface area contributed by atoms with Crippen LogP contribution in [0.1, 0.15) is 24.1 Å². The zero-order chi connectivity index (χ0) is 13.7. The van der Waals surface area contributed by atoms with Crippen LogP contribution in [0.4, 0.5) is 0 Å². The molecule has 1 aliphatic rings. The molecule has 1 fully saturated rings. The number of hydrogen-bond acceptors (Lipinski definition) is 4. The summed E-state index contributed by atoms with van der Waals surface area (Å²) in [6.07, 6.45) is 3.17. The van der Waals surface area contributed by atoms with Gasteiger partial charge in [0.1, 0.15) is 0 Å². The van der Waals surface area contributed by atoms with Gasteiger partial charge in [-0.15, -0.1) is 11.3 Å². The summed E-state index contributed by atoms with van der Waals surface area (Å²) in [4.78, 5) is 3.72. The molecule has 1 N–H and O–H groups in total. The maximum absolute atomic E-state index is 9.76. The summed E-state index contributed by atoms with van der Waals surface area (Å²) < 4.78 is 6.03. The normalized spacial score (nSPS) is 24.8. The number of likely N-dealkylation sites (tertiary alicyclic amines) is 1. The maximum Gasteiger partial charge on any atom is 0.0931 e. The molecular formula is C14H22ClNO2S. The van der Waals surface area contributed by atoms with Crippen LogP contribution in [-0.2, 0) is 11.3 Å². The Balaban J connectivity index is 1.95. The van der Waals surface area contributed by atoms with Crippen molar-refractivity contribution in [3.05, 3.63) is 21.3 Å². The van der Waals surface area contributed by atoms with Crippen molar-refractivity contribution in [3.8, 4) is 0 Å². The van der Waals surface area contributed by atoms with Gasteiger partial charge in [-0.1, -0.05) is 11.6 Å². The summed E-state index contributed by atoms with van der Waals surface area (Å²) >= 11 is 7.62. The zero-order valence-corrected chi connectivity index (χ0v) is 13.0. The highest BCUT2D eigenvalue weighted by molar-refractivity contribution is 7.16. The molecule has 2 heterocycles. The Morgan fingerprint density at radius 2 is 2.37 bits per heavy atom. The first-order chi connectivity index (χ1) is 9.17. The molecule has 1 atom stereocenters. The smallest absolute Gasteiger partial charge is 0.0931 e. The number of nitrogens with zero attached hydrogens (tertiary/aromatic N) is 1. The molecule has 0 amide bonds. The summed E-state index contributed by atoms with van der Waals surface area (Å²) in [5.41, 5.74) is 0.00924. The third-order valence-corrected chi connectivity index (χ3v) is 5.14. The number of hydrogen-bond donors (Lipinski definition) is 1. The van der Waals surface area contributed by atoms with Crippen molar-refractivity contribution in [1.82, 2.24) is 4.90 Å². The highest BCUT2D eigenvalue weighted by Gasteiger charge is 2.34. The second-order valence-electron chi connectivity index (χ2n) is 5.42. The molecule has 0 aliphatic carbocycles.